The molecule has 84 valence electrons. The average Bonchev–Trinajstić information content (AvgIpc) is 2.24. The lowest BCUT2D eigenvalue weighted by molar-refractivity contribution is 0.274. The SMILES string of the molecule is C[C@@H]([C@H](C)CCN=C=O)[C@H](C)CN=C=O. The Hall–Kier alpha value is -1.24. The fourth-order valence-electron chi connectivity index (χ4n) is 1.49. The summed E-state index contributed by atoms with van der Waals surface area (Å²) < 4.78 is 0. The molecule has 3 atom stereocenters. The molecule has 0 saturated carbocycles. The third kappa shape index (κ3) is 5.95. The first-order chi connectivity index (χ1) is 7.13. The van der Waals surface area contributed by atoms with Gasteiger partial charge in [-0.05, 0) is 24.2 Å². The van der Waals surface area contributed by atoms with Crippen LogP contribution in [0.1, 0.15) is 27.2 Å². The summed E-state index contributed by atoms with van der Waals surface area (Å²) in [6.45, 7) is 7.35. The second kappa shape index (κ2) is 8.10. The van der Waals surface area contributed by atoms with Crippen LogP contribution in [0.25, 0.3) is 0 Å². The number of hydrogen-bond donors (Lipinski definition) is 0. The number of hydrogen-bond acceptors (Lipinski definition) is 4. The topological polar surface area (TPSA) is 58.9 Å². The van der Waals surface area contributed by atoms with Crippen LogP contribution in [0.4, 0.5) is 0 Å². The highest BCUT2D eigenvalue weighted by molar-refractivity contribution is 5.33. The summed E-state index contributed by atoms with van der Waals surface area (Å²) in [4.78, 5) is 26.9. The summed E-state index contributed by atoms with van der Waals surface area (Å²) in [5, 5.41) is 0. The van der Waals surface area contributed by atoms with Crippen molar-refractivity contribution in [2.45, 2.75) is 27.2 Å². The van der Waals surface area contributed by atoms with Crippen LogP contribution in [-0.2, 0) is 9.59 Å². The zero-order chi connectivity index (χ0) is 11.7. The molecule has 0 heterocycles. The first-order valence-corrected chi connectivity index (χ1v) is 5.20. The Kier molecular flexibility index (Phi) is 7.43. The molecular formula is C11H18N2O2. The first-order valence-electron chi connectivity index (χ1n) is 5.20. The molecule has 0 aliphatic heterocycles. The van der Waals surface area contributed by atoms with E-state index in [2.05, 4.69) is 30.8 Å². The molecular weight excluding hydrogens is 192 g/mol. The summed E-state index contributed by atoms with van der Waals surface area (Å²) >= 11 is 0. The monoisotopic (exact) mass is 210 g/mol. The number of aliphatic imine (C=N–C) groups is 2. The minimum atomic E-state index is 0.349. The van der Waals surface area contributed by atoms with E-state index in [0.29, 0.717) is 30.8 Å². The van der Waals surface area contributed by atoms with Gasteiger partial charge in [-0.15, -0.1) is 0 Å². The van der Waals surface area contributed by atoms with Crippen molar-refractivity contribution >= 4 is 12.2 Å². The van der Waals surface area contributed by atoms with Crippen LogP contribution in [0.2, 0.25) is 0 Å². The molecule has 15 heavy (non-hydrogen) atoms. The molecule has 4 heteroatoms. The Morgan fingerprint density at radius 2 is 1.60 bits per heavy atom. The zero-order valence-corrected chi connectivity index (χ0v) is 9.56. The fraction of sp³-hybridized carbons (Fsp3) is 0.818. The Morgan fingerprint density at radius 1 is 1.00 bits per heavy atom. The van der Waals surface area contributed by atoms with Gasteiger partial charge in [0.15, 0.2) is 0 Å². The maximum Gasteiger partial charge on any atom is 0.234 e. The maximum absolute atomic E-state index is 9.96. The second-order valence-corrected chi connectivity index (χ2v) is 4.01. The molecule has 0 unspecified atom stereocenters. The van der Waals surface area contributed by atoms with Crippen LogP contribution in [0.5, 0.6) is 0 Å². The van der Waals surface area contributed by atoms with Crippen LogP contribution in [0.15, 0.2) is 9.98 Å². The van der Waals surface area contributed by atoms with Crippen molar-refractivity contribution in [1.82, 2.24) is 0 Å². The second-order valence-electron chi connectivity index (χ2n) is 4.01. The van der Waals surface area contributed by atoms with Crippen LogP contribution < -0.4 is 0 Å². The summed E-state index contributed by atoms with van der Waals surface area (Å²) in [5.41, 5.74) is 0. The van der Waals surface area contributed by atoms with E-state index in [-0.39, 0.29) is 0 Å². The fourth-order valence-corrected chi connectivity index (χ4v) is 1.49. The summed E-state index contributed by atoms with van der Waals surface area (Å²) in [6.07, 6.45) is 3.95. The van der Waals surface area contributed by atoms with Crippen molar-refractivity contribution < 1.29 is 9.59 Å². The minimum absolute atomic E-state index is 0.349. The van der Waals surface area contributed by atoms with Crippen molar-refractivity contribution in [3.8, 4) is 0 Å². The van der Waals surface area contributed by atoms with E-state index in [4.69, 9.17) is 0 Å². The lowest BCUT2D eigenvalue weighted by Crippen LogP contribution is -2.19. The highest BCUT2D eigenvalue weighted by atomic mass is 16.1. The predicted molar refractivity (Wildman–Crippen MR) is 58.1 cm³/mol. The number of carbonyl (C=O) groups excluding carboxylic acids is 2. The molecule has 0 saturated heterocycles. The number of nitrogens with zero attached hydrogens (tertiary/aromatic N) is 2. The molecule has 0 bridgehead atoms. The van der Waals surface area contributed by atoms with Gasteiger partial charge in [0.05, 0.1) is 13.1 Å². The summed E-state index contributed by atoms with van der Waals surface area (Å²) in [7, 11) is 0. The standard InChI is InChI=1S/C11H18N2O2/c1-9(4-5-12-7-14)11(3)10(2)6-13-8-15/h9-11H,4-6H2,1-3H3/t9-,10-,11+/m1/s1. The Labute approximate surface area is 90.5 Å². The molecule has 0 radical (unpaired) electrons. The quantitative estimate of drug-likeness (QED) is 0.476. The molecule has 0 fully saturated rings. The van der Waals surface area contributed by atoms with Crippen molar-refractivity contribution in [2.75, 3.05) is 13.1 Å². The van der Waals surface area contributed by atoms with Gasteiger partial charge in [-0.3, -0.25) is 0 Å². The molecule has 0 rings (SSSR count). The minimum Gasteiger partial charge on any atom is -0.211 e. The van der Waals surface area contributed by atoms with Crippen LogP contribution in [0, 0.1) is 17.8 Å². The lowest BCUT2D eigenvalue weighted by Gasteiger charge is -2.23. The van der Waals surface area contributed by atoms with Gasteiger partial charge in [0, 0.05) is 0 Å². The third-order valence-electron chi connectivity index (χ3n) is 3.00. The van der Waals surface area contributed by atoms with Crippen molar-refractivity contribution in [3.63, 3.8) is 0 Å². The highest BCUT2D eigenvalue weighted by Crippen LogP contribution is 2.23. The van der Waals surface area contributed by atoms with E-state index in [1.54, 1.807) is 6.08 Å². The van der Waals surface area contributed by atoms with Gasteiger partial charge >= 0.3 is 0 Å². The maximum atomic E-state index is 9.96. The van der Waals surface area contributed by atoms with E-state index in [1.807, 2.05) is 0 Å². The van der Waals surface area contributed by atoms with E-state index in [1.165, 1.54) is 6.08 Å². The van der Waals surface area contributed by atoms with Crippen LogP contribution in [0.3, 0.4) is 0 Å². The van der Waals surface area contributed by atoms with Gasteiger partial charge < -0.3 is 0 Å². The largest absolute Gasteiger partial charge is 0.234 e. The van der Waals surface area contributed by atoms with Crippen molar-refractivity contribution in [2.24, 2.45) is 27.7 Å². The average molecular weight is 210 g/mol. The van der Waals surface area contributed by atoms with Crippen LogP contribution in [-0.4, -0.2) is 25.2 Å². The molecule has 0 aliphatic carbocycles. The molecule has 0 spiro atoms. The van der Waals surface area contributed by atoms with E-state index in [9.17, 15) is 9.59 Å². The van der Waals surface area contributed by atoms with Gasteiger partial charge in [-0.2, -0.15) is 0 Å². The van der Waals surface area contributed by atoms with Gasteiger partial charge in [0.2, 0.25) is 12.2 Å². The molecule has 0 amide bonds. The smallest absolute Gasteiger partial charge is 0.211 e. The molecule has 0 aromatic rings. The van der Waals surface area contributed by atoms with E-state index in [0.717, 1.165) is 6.42 Å². The number of rotatable bonds is 7. The van der Waals surface area contributed by atoms with E-state index < -0.39 is 0 Å². The van der Waals surface area contributed by atoms with Gasteiger partial charge in [0.1, 0.15) is 0 Å². The molecule has 0 aromatic heterocycles. The zero-order valence-electron chi connectivity index (χ0n) is 9.56. The first kappa shape index (κ1) is 13.8. The molecule has 0 N–H and O–H groups in total. The van der Waals surface area contributed by atoms with Crippen LogP contribution >= 0.6 is 0 Å². The number of isocyanates is 2. The van der Waals surface area contributed by atoms with Crippen molar-refractivity contribution in [1.29, 1.82) is 0 Å². The van der Waals surface area contributed by atoms with Gasteiger partial charge in [-0.1, -0.05) is 20.8 Å². The predicted octanol–water partition coefficient (Wildman–Crippen LogP) is 1.96. The third-order valence-corrected chi connectivity index (χ3v) is 3.00. The summed E-state index contributed by atoms with van der Waals surface area (Å²) in [5.74, 6) is 1.25. The molecule has 4 nitrogen and oxygen atoms in total. The Bertz CT molecular complexity index is 266. The molecule has 0 aromatic carbocycles. The van der Waals surface area contributed by atoms with Gasteiger partial charge in [0.25, 0.3) is 0 Å². The molecule has 0 aliphatic rings. The Morgan fingerprint density at radius 3 is 2.13 bits per heavy atom. The Balaban J connectivity index is 3.99. The summed E-state index contributed by atoms with van der Waals surface area (Å²) in [6, 6.07) is 0. The van der Waals surface area contributed by atoms with E-state index >= 15 is 0 Å². The highest BCUT2D eigenvalue weighted by Gasteiger charge is 2.18. The van der Waals surface area contributed by atoms with Gasteiger partial charge in [-0.25, -0.2) is 19.6 Å². The normalized spacial score (nSPS) is 15.7. The lowest BCUT2D eigenvalue weighted by atomic mass is 9.83. The van der Waals surface area contributed by atoms with Crippen molar-refractivity contribution in [3.05, 3.63) is 0 Å².